The molecule has 2 aliphatic rings. The van der Waals surface area contributed by atoms with Gasteiger partial charge in [0.05, 0.1) is 0 Å². The fourth-order valence-electron chi connectivity index (χ4n) is 3.51. The predicted octanol–water partition coefficient (Wildman–Crippen LogP) is 3.72. The molecule has 0 aromatic carbocycles. The van der Waals surface area contributed by atoms with Crippen molar-refractivity contribution in [3.63, 3.8) is 0 Å². The molecule has 0 amide bonds. The average Bonchev–Trinajstić information content (AvgIpc) is 2.20. The Labute approximate surface area is 126 Å². The van der Waals surface area contributed by atoms with E-state index in [1.165, 1.54) is 39.0 Å². The van der Waals surface area contributed by atoms with Crippen LogP contribution < -0.4 is 0 Å². The van der Waals surface area contributed by atoms with Crippen molar-refractivity contribution < 1.29 is 0 Å². The van der Waals surface area contributed by atoms with Crippen molar-refractivity contribution in [2.75, 3.05) is 26.2 Å². The van der Waals surface area contributed by atoms with E-state index in [4.69, 9.17) is 0 Å². The summed E-state index contributed by atoms with van der Waals surface area (Å²) in [5.41, 5.74) is 0. The minimum Gasteiger partial charge on any atom is -0.300 e. The largest absolute Gasteiger partial charge is 0.300 e. The Kier molecular flexibility index (Phi) is 5.53. The maximum absolute atomic E-state index is 2.68. The molecule has 2 nitrogen and oxygen atoms in total. The lowest BCUT2D eigenvalue weighted by Gasteiger charge is -2.47. The molecule has 2 atom stereocenters. The summed E-state index contributed by atoms with van der Waals surface area (Å²) >= 11 is 0. The van der Waals surface area contributed by atoms with Crippen molar-refractivity contribution in [2.45, 2.75) is 66.5 Å². The van der Waals surface area contributed by atoms with E-state index < -0.39 is 0 Å². The lowest BCUT2D eigenvalue weighted by atomic mass is 9.85. The van der Waals surface area contributed by atoms with Crippen LogP contribution in [0.3, 0.4) is 0 Å². The Morgan fingerprint density at radius 3 is 1.20 bits per heavy atom. The van der Waals surface area contributed by atoms with Gasteiger partial charge in [-0.2, -0.15) is 0 Å². The first-order valence-corrected chi connectivity index (χ1v) is 8.86. The fraction of sp³-hybridized carbons (Fsp3) is 1.00. The van der Waals surface area contributed by atoms with Crippen LogP contribution in [0.1, 0.15) is 54.4 Å². The van der Waals surface area contributed by atoms with Gasteiger partial charge in [-0.15, -0.1) is 0 Å². The minimum atomic E-state index is 0.787. The van der Waals surface area contributed by atoms with E-state index in [1.54, 1.807) is 0 Å². The Bertz CT molecular complexity index is 258. The molecule has 20 heavy (non-hydrogen) atoms. The van der Waals surface area contributed by atoms with Crippen molar-refractivity contribution >= 4 is 0 Å². The third kappa shape index (κ3) is 3.76. The minimum absolute atomic E-state index is 0.787. The van der Waals surface area contributed by atoms with E-state index in [0.717, 1.165) is 35.8 Å². The van der Waals surface area contributed by atoms with Gasteiger partial charge in [0.1, 0.15) is 0 Å². The smallest absolute Gasteiger partial charge is 0.00677 e. The first-order valence-electron chi connectivity index (χ1n) is 8.86. The first-order chi connectivity index (χ1) is 9.38. The fourth-order valence-corrected chi connectivity index (χ4v) is 3.51. The third-order valence-corrected chi connectivity index (χ3v) is 6.01. The van der Waals surface area contributed by atoms with Crippen LogP contribution in [-0.2, 0) is 0 Å². The van der Waals surface area contributed by atoms with Crippen molar-refractivity contribution in [1.82, 2.24) is 9.80 Å². The van der Waals surface area contributed by atoms with Crippen LogP contribution in [0.2, 0.25) is 0 Å². The van der Waals surface area contributed by atoms with Gasteiger partial charge < -0.3 is 0 Å². The van der Waals surface area contributed by atoms with E-state index in [-0.39, 0.29) is 0 Å². The van der Waals surface area contributed by atoms with E-state index in [9.17, 15) is 0 Å². The van der Waals surface area contributed by atoms with E-state index >= 15 is 0 Å². The number of hydrogen-bond acceptors (Lipinski definition) is 2. The molecule has 0 radical (unpaired) electrons. The molecule has 0 spiro atoms. The Morgan fingerprint density at radius 1 is 0.650 bits per heavy atom. The lowest BCUT2D eigenvalue weighted by molar-refractivity contribution is 0.0114. The van der Waals surface area contributed by atoms with Gasteiger partial charge in [0.15, 0.2) is 0 Å². The van der Waals surface area contributed by atoms with Crippen molar-refractivity contribution in [1.29, 1.82) is 0 Å². The highest BCUT2D eigenvalue weighted by Gasteiger charge is 2.34. The molecular formula is C18H36N2. The van der Waals surface area contributed by atoms with E-state index in [0.29, 0.717) is 0 Å². The predicted molar refractivity (Wildman–Crippen MR) is 88.0 cm³/mol. The summed E-state index contributed by atoms with van der Waals surface area (Å²) in [4.78, 5) is 5.37. The molecule has 2 heteroatoms. The molecule has 118 valence electrons. The summed E-state index contributed by atoms with van der Waals surface area (Å²) in [6.07, 6.45) is 2.74. The van der Waals surface area contributed by atoms with E-state index in [2.05, 4.69) is 51.3 Å². The molecule has 2 saturated heterocycles. The van der Waals surface area contributed by atoms with Gasteiger partial charge >= 0.3 is 0 Å². The molecule has 0 saturated carbocycles. The van der Waals surface area contributed by atoms with Crippen LogP contribution in [0.15, 0.2) is 0 Å². The zero-order valence-corrected chi connectivity index (χ0v) is 14.6. The topological polar surface area (TPSA) is 6.48 Å². The summed E-state index contributed by atoms with van der Waals surface area (Å²) in [5.74, 6) is 3.65. The van der Waals surface area contributed by atoms with Gasteiger partial charge in [-0.3, -0.25) is 9.80 Å². The maximum Gasteiger partial charge on any atom is 0.00677 e. The maximum atomic E-state index is 2.68. The molecule has 2 heterocycles. The second kappa shape index (κ2) is 6.79. The van der Waals surface area contributed by atoms with Gasteiger partial charge in [0.25, 0.3) is 0 Å². The monoisotopic (exact) mass is 280 g/mol. The zero-order valence-electron chi connectivity index (χ0n) is 14.6. The first kappa shape index (κ1) is 16.3. The summed E-state index contributed by atoms with van der Waals surface area (Å²) in [7, 11) is 0. The second-order valence-electron chi connectivity index (χ2n) is 8.19. The van der Waals surface area contributed by atoms with Gasteiger partial charge in [-0.05, 0) is 50.4 Å². The molecule has 0 bridgehead atoms. The van der Waals surface area contributed by atoms with Gasteiger partial charge in [0.2, 0.25) is 0 Å². The Balaban J connectivity index is 1.59. The van der Waals surface area contributed by atoms with Crippen molar-refractivity contribution in [3.05, 3.63) is 0 Å². The molecule has 0 aromatic rings. The van der Waals surface area contributed by atoms with Crippen LogP contribution in [0.4, 0.5) is 0 Å². The van der Waals surface area contributed by atoms with E-state index in [1.807, 2.05) is 0 Å². The van der Waals surface area contributed by atoms with Gasteiger partial charge in [-0.1, -0.05) is 27.7 Å². The average molecular weight is 281 g/mol. The quantitative estimate of drug-likeness (QED) is 0.701. The highest BCUT2D eigenvalue weighted by atomic mass is 15.2. The summed E-state index contributed by atoms with van der Waals surface area (Å²) < 4.78 is 0. The third-order valence-electron chi connectivity index (χ3n) is 6.01. The normalized spacial score (nSPS) is 25.8. The van der Waals surface area contributed by atoms with Gasteiger partial charge in [-0.25, -0.2) is 0 Å². The van der Waals surface area contributed by atoms with Crippen LogP contribution in [0, 0.1) is 23.7 Å². The SMILES string of the molecule is CC(C)C1CN(C(C)CCC(C)N2CC(C(C)C)C2)C1. The summed E-state index contributed by atoms with van der Waals surface area (Å²) in [5, 5.41) is 0. The summed E-state index contributed by atoms with van der Waals surface area (Å²) in [6.45, 7) is 19.7. The Morgan fingerprint density at radius 2 is 0.950 bits per heavy atom. The second-order valence-corrected chi connectivity index (χ2v) is 8.19. The van der Waals surface area contributed by atoms with Crippen LogP contribution in [0.5, 0.6) is 0 Å². The molecule has 0 aromatic heterocycles. The van der Waals surface area contributed by atoms with Crippen molar-refractivity contribution in [2.24, 2.45) is 23.7 Å². The summed E-state index contributed by atoms with van der Waals surface area (Å²) in [6, 6.07) is 1.57. The molecule has 2 fully saturated rings. The Hall–Kier alpha value is -0.0800. The molecule has 2 rings (SSSR count). The van der Waals surface area contributed by atoms with Crippen LogP contribution in [0.25, 0.3) is 0 Å². The van der Waals surface area contributed by atoms with Crippen molar-refractivity contribution in [3.8, 4) is 0 Å². The molecule has 2 unspecified atom stereocenters. The number of rotatable bonds is 7. The van der Waals surface area contributed by atoms with Crippen LogP contribution >= 0.6 is 0 Å². The van der Waals surface area contributed by atoms with Crippen LogP contribution in [-0.4, -0.2) is 48.1 Å². The highest BCUT2D eigenvalue weighted by molar-refractivity contribution is 4.88. The molecule has 0 aliphatic carbocycles. The van der Waals surface area contributed by atoms with Gasteiger partial charge in [0, 0.05) is 38.3 Å². The molecule has 2 aliphatic heterocycles. The molecular weight excluding hydrogens is 244 g/mol. The molecule has 0 N–H and O–H groups in total. The number of likely N-dealkylation sites (tertiary alicyclic amines) is 2. The lowest BCUT2D eigenvalue weighted by Crippen LogP contribution is -2.54. The highest BCUT2D eigenvalue weighted by Crippen LogP contribution is 2.29. The number of nitrogens with zero attached hydrogens (tertiary/aromatic N) is 2. The standard InChI is InChI=1S/C18H36N2/c1-13(2)17-9-19(10-17)15(5)7-8-16(6)20-11-18(12-20)14(3)4/h13-18H,7-12H2,1-6H3. The zero-order chi connectivity index (χ0) is 14.9. The number of hydrogen-bond donors (Lipinski definition) is 0.